The van der Waals surface area contributed by atoms with Crippen molar-refractivity contribution in [3.05, 3.63) is 46.8 Å². The van der Waals surface area contributed by atoms with Crippen molar-refractivity contribution in [3.63, 3.8) is 0 Å². The number of ether oxygens (including phenoxy) is 1. The average molecular weight is 328 g/mol. The molecule has 1 aromatic heterocycles. The monoisotopic (exact) mass is 328 g/mol. The summed E-state index contributed by atoms with van der Waals surface area (Å²) >= 11 is 1.61. The number of hydrogen-bond donors (Lipinski definition) is 2. The molecule has 4 nitrogen and oxygen atoms in total. The van der Waals surface area contributed by atoms with E-state index in [4.69, 9.17) is 4.74 Å². The van der Waals surface area contributed by atoms with Gasteiger partial charge in [0.25, 0.3) is 5.91 Å². The van der Waals surface area contributed by atoms with Crippen LogP contribution in [-0.2, 0) is 0 Å². The summed E-state index contributed by atoms with van der Waals surface area (Å²) in [5, 5.41) is 7.57. The van der Waals surface area contributed by atoms with Gasteiger partial charge in [0.2, 0.25) is 0 Å². The molecule has 2 bridgehead atoms. The Bertz CT molecular complexity index is 710. The molecule has 23 heavy (non-hydrogen) atoms. The molecule has 0 radical (unpaired) electrons. The van der Waals surface area contributed by atoms with Gasteiger partial charge in [-0.1, -0.05) is 0 Å². The van der Waals surface area contributed by atoms with Crippen molar-refractivity contribution in [2.24, 2.45) is 0 Å². The van der Waals surface area contributed by atoms with Crippen LogP contribution in [0.4, 0.5) is 0 Å². The van der Waals surface area contributed by atoms with E-state index in [1.54, 1.807) is 11.3 Å². The summed E-state index contributed by atoms with van der Waals surface area (Å²) in [5.74, 6) is 0.757. The minimum absolute atomic E-state index is 0.00266. The summed E-state index contributed by atoms with van der Waals surface area (Å²) in [7, 11) is 0. The summed E-state index contributed by atoms with van der Waals surface area (Å²) in [4.78, 5) is 13.6. The minimum atomic E-state index is 0.00266. The first-order valence-electron chi connectivity index (χ1n) is 8.09. The van der Waals surface area contributed by atoms with Crippen LogP contribution in [0.2, 0.25) is 0 Å². The van der Waals surface area contributed by atoms with E-state index in [0.717, 1.165) is 17.2 Å². The third-order valence-corrected chi connectivity index (χ3v) is 5.55. The molecule has 1 amide bonds. The van der Waals surface area contributed by atoms with E-state index < -0.39 is 0 Å². The lowest BCUT2D eigenvalue weighted by Crippen LogP contribution is -2.42. The van der Waals surface area contributed by atoms with E-state index in [9.17, 15) is 4.79 Å². The van der Waals surface area contributed by atoms with Crippen molar-refractivity contribution >= 4 is 17.2 Å². The first-order chi connectivity index (χ1) is 11.2. The van der Waals surface area contributed by atoms with Gasteiger partial charge in [-0.2, -0.15) is 0 Å². The zero-order chi connectivity index (χ0) is 15.8. The van der Waals surface area contributed by atoms with Crippen LogP contribution >= 0.6 is 11.3 Å². The highest BCUT2D eigenvalue weighted by Gasteiger charge is 2.39. The van der Waals surface area contributed by atoms with E-state index in [1.807, 2.05) is 36.4 Å². The van der Waals surface area contributed by atoms with Gasteiger partial charge in [0.15, 0.2) is 5.06 Å². The lowest BCUT2D eigenvalue weighted by molar-refractivity contribution is 0.0931. The Morgan fingerprint density at radius 1 is 1.22 bits per heavy atom. The predicted molar refractivity (Wildman–Crippen MR) is 91.4 cm³/mol. The Labute approximate surface area is 139 Å². The molecule has 3 atom stereocenters. The Morgan fingerprint density at radius 3 is 2.65 bits per heavy atom. The van der Waals surface area contributed by atoms with Gasteiger partial charge < -0.3 is 15.4 Å². The number of aryl methyl sites for hydroxylation is 1. The fourth-order valence-corrected chi connectivity index (χ4v) is 4.22. The van der Waals surface area contributed by atoms with E-state index >= 15 is 0 Å². The second-order valence-corrected chi connectivity index (χ2v) is 7.61. The molecule has 3 heterocycles. The number of hydrogen-bond acceptors (Lipinski definition) is 4. The molecular formula is C18H20N2O2S. The van der Waals surface area contributed by atoms with Gasteiger partial charge >= 0.3 is 0 Å². The van der Waals surface area contributed by atoms with Gasteiger partial charge in [-0.15, -0.1) is 11.3 Å². The number of carbonyl (C=O) groups is 1. The predicted octanol–water partition coefficient (Wildman–Crippen LogP) is 3.47. The maximum Gasteiger partial charge on any atom is 0.251 e. The van der Waals surface area contributed by atoms with Crippen molar-refractivity contribution in [2.45, 2.75) is 44.3 Å². The molecule has 1 aromatic carbocycles. The lowest BCUT2D eigenvalue weighted by atomic mass is 9.95. The lowest BCUT2D eigenvalue weighted by Gasteiger charge is -2.21. The van der Waals surface area contributed by atoms with Crippen LogP contribution in [0.1, 0.15) is 34.5 Å². The maximum atomic E-state index is 12.4. The first-order valence-corrected chi connectivity index (χ1v) is 8.90. The van der Waals surface area contributed by atoms with Crippen molar-refractivity contribution < 1.29 is 9.53 Å². The molecule has 5 heteroatoms. The molecular weight excluding hydrogens is 308 g/mol. The number of nitrogens with one attached hydrogen (secondary N) is 2. The summed E-state index contributed by atoms with van der Waals surface area (Å²) in [5.41, 5.74) is 0.683. The third-order valence-electron chi connectivity index (χ3n) is 4.67. The molecule has 4 rings (SSSR count). The zero-order valence-electron chi connectivity index (χ0n) is 13.0. The summed E-state index contributed by atoms with van der Waals surface area (Å²) in [6.45, 7) is 2.05. The van der Waals surface area contributed by atoms with Crippen LogP contribution in [0.3, 0.4) is 0 Å². The van der Waals surface area contributed by atoms with Crippen LogP contribution in [0.5, 0.6) is 10.8 Å². The smallest absolute Gasteiger partial charge is 0.251 e. The Morgan fingerprint density at radius 2 is 2.04 bits per heavy atom. The fraction of sp³-hybridized carbons (Fsp3) is 0.389. The van der Waals surface area contributed by atoms with Gasteiger partial charge in [0.05, 0.1) is 0 Å². The molecule has 0 saturated carbocycles. The van der Waals surface area contributed by atoms with Crippen molar-refractivity contribution in [1.82, 2.24) is 10.6 Å². The molecule has 2 fully saturated rings. The van der Waals surface area contributed by atoms with Gasteiger partial charge in [-0.05, 0) is 62.6 Å². The van der Waals surface area contributed by atoms with Crippen LogP contribution in [0, 0.1) is 6.92 Å². The summed E-state index contributed by atoms with van der Waals surface area (Å²) in [6.07, 6.45) is 3.46. The highest BCUT2D eigenvalue weighted by atomic mass is 32.1. The fourth-order valence-electron chi connectivity index (χ4n) is 3.49. The Kier molecular flexibility index (Phi) is 3.83. The zero-order valence-corrected chi connectivity index (χ0v) is 13.9. The second-order valence-electron chi connectivity index (χ2n) is 6.35. The normalized spacial score (nSPS) is 25.5. The standard InChI is InChI=1S/C18H20N2O2S/c1-11-2-9-17(23-11)22-14-6-3-12(4-7-14)18(21)20-16-10-13-5-8-15(16)19-13/h2-4,6-7,9,13,15-16,19H,5,8,10H2,1H3,(H,20,21). The second kappa shape index (κ2) is 5.98. The molecule has 0 aliphatic carbocycles. The molecule has 2 aliphatic rings. The number of amides is 1. The summed E-state index contributed by atoms with van der Waals surface area (Å²) in [6, 6.07) is 12.7. The molecule has 2 N–H and O–H groups in total. The number of rotatable bonds is 4. The molecule has 2 saturated heterocycles. The van der Waals surface area contributed by atoms with Crippen LogP contribution < -0.4 is 15.4 Å². The molecule has 2 aliphatic heterocycles. The third kappa shape index (κ3) is 3.12. The highest BCUT2D eigenvalue weighted by Crippen LogP contribution is 2.30. The van der Waals surface area contributed by atoms with Gasteiger partial charge in [-0.3, -0.25) is 4.79 Å². The first kappa shape index (κ1) is 14.7. The molecule has 0 spiro atoms. The highest BCUT2D eigenvalue weighted by molar-refractivity contribution is 7.13. The van der Waals surface area contributed by atoms with Gasteiger partial charge in [0, 0.05) is 28.6 Å². The van der Waals surface area contributed by atoms with E-state index in [0.29, 0.717) is 17.6 Å². The van der Waals surface area contributed by atoms with Crippen molar-refractivity contribution in [1.29, 1.82) is 0 Å². The van der Waals surface area contributed by atoms with Gasteiger partial charge in [-0.25, -0.2) is 0 Å². The summed E-state index contributed by atoms with van der Waals surface area (Å²) < 4.78 is 5.78. The van der Waals surface area contributed by atoms with Crippen molar-refractivity contribution in [3.8, 4) is 10.8 Å². The average Bonchev–Trinajstić information content (AvgIpc) is 3.25. The topological polar surface area (TPSA) is 50.4 Å². The van der Waals surface area contributed by atoms with Crippen LogP contribution in [-0.4, -0.2) is 24.0 Å². The molecule has 120 valence electrons. The number of benzene rings is 1. The SMILES string of the molecule is Cc1ccc(Oc2ccc(C(=O)NC3CC4CCC3N4)cc2)s1. The van der Waals surface area contributed by atoms with Crippen LogP contribution in [0.15, 0.2) is 36.4 Å². The van der Waals surface area contributed by atoms with Crippen LogP contribution in [0.25, 0.3) is 0 Å². The van der Waals surface area contributed by atoms with Crippen molar-refractivity contribution in [2.75, 3.05) is 0 Å². The maximum absolute atomic E-state index is 12.4. The molecule has 3 unspecified atom stereocenters. The number of carbonyl (C=O) groups excluding carboxylic acids is 1. The van der Waals surface area contributed by atoms with E-state index in [-0.39, 0.29) is 11.9 Å². The number of fused-ring (bicyclic) bond motifs is 2. The minimum Gasteiger partial charge on any atom is -0.447 e. The van der Waals surface area contributed by atoms with Gasteiger partial charge in [0.1, 0.15) is 5.75 Å². The van der Waals surface area contributed by atoms with E-state index in [1.165, 1.54) is 17.7 Å². The Balaban J connectivity index is 1.38. The quantitative estimate of drug-likeness (QED) is 0.903. The number of thiophene rings is 1. The largest absolute Gasteiger partial charge is 0.447 e. The molecule has 2 aromatic rings. The Hall–Kier alpha value is -1.85. The van der Waals surface area contributed by atoms with E-state index in [2.05, 4.69) is 17.6 Å².